The topological polar surface area (TPSA) is 48.3 Å². The molecule has 0 amide bonds. The van der Waals surface area contributed by atoms with E-state index in [0.29, 0.717) is 6.61 Å². The number of aromatic nitrogens is 2. The highest BCUT2D eigenvalue weighted by molar-refractivity contribution is 5.28. The van der Waals surface area contributed by atoms with Crippen LogP contribution in [0.15, 0.2) is 6.20 Å². The number of ether oxygens (including phenoxy) is 2. The summed E-state index contributed by atoms with van der Waals surface area (Å²) in [4.78, 5) is 0. The lowest BCUT2D eigenvalue weighted by Crippen LogP contribution is -2.32. The van der Waals surface area contributed by atoms with E-state index in [1.807, 2.05) is 4.68 Å². The molecule has 5 nitrogen and oxygen atoms in total. The van der Waals surface area contributed by atoms with Crippen molar-refractivity contribution in [3.05, 3.63) is 11.9 Å². The minimum Gasteiger partial charge on any atom is -0.493 e. The van der Waals surface area contributed by atoms with Crippen LogP contribution in [-0.2, 0) is 11.3 Å². The summed E-state index contributed by atoms with van der Waals surface area (Å²) in [6.07, 6.45) is 2.85. The van der Waals surface area contributed by atoms with E-state index in [1.165, 1.54) is 0 Å². The zero-order valence-corrected chi connectivity index (χ0v) is 13.7. The molecule has 116 valence electrons. The van der Waals surface area contributed by atoms with Gasteiger partial charge in [-0.1, -0.05) is 6.92 Å². The molecule has 0 aromatic carbocycles. The minimum absolute atomic E-state index is 0.0894. The Kier molecular flexibility index (Phi) is 6.49. The second kappa shape index (κ2) is 7.64. The highest BCUT2D eigenvalue weighted by Crippen LogP contribution is 2.26. The molecule has 0 radical (unpaired) electrons. The van der Waals surface area contributed by atoms with Crippen LogP contribution < -0.4 is 10.1 Å². The van der Waals surface area contributed by atoms with Crippen molar-refractivity contribution in [3.8, 4) is 5.75 Å². The maximum Gasteiger partial charge on any atom is 0.161 e. The van der Waals surface area contributed by atoms with Gasteiger partial charge < -0.3 is 14.8 Å². The number of nitrogens with one attached hydrogen (secondary N) is 1. The van der Waals surface area contributed by atoms with Gasteiger partial charge in [-0.05, 0) is 40.7 Å². The predicted molar refractivity (Wildman–Crippen MR) is 81.2 cm³/mol. The van der Waals surface area contributed by atoms with Crippen molar-refractivity contribution < 1.29 is 9.47 Å². The van der Waals surface area contributed by atoms with Crippen molar-refractivity contribution in [1.82, 2.24) is 15.1 Å². The van der Waals surface area contributed by atoms with Gasteiger partial charge in [0.1, 0.15) is 0 Å². The second-order valence-electron chi connectivity index (χ2n) is 5.84. The Morgan fingerprint density at radius 3 is 2.55 bits per heavy atom. The Morgan fingerprint density at radius 1 is 1.35 bits per heavy atom. The van der Waals surface area contributed by atoms with Crippen LogP contribution in [0.25, 0.3) is 0 Å². The van der Waals surface area contributed by atoms with Crippen molar-refractivity contribution in [3.63, 3.8) is 0 Å². The SMILES string of the molecule is CCCNC(COC(C)(C)C)c1c(OC)cnn1CC. The van der Waals surface area contributed by atoms with Gasteiger partial charge in [-0.2, -0.15) is 5.10 Å². The summed E-state index contributed by atoms with van der Waals surface area (Å²) in [5.41, 5.74) is 0.906. The van der Waals surface area contributed by atoms with E-state index in [1.54, 1.807) is 13.3 Å². The highest BCUT2D eigenvalue weighted by Gasteiger charge is 2.23. The van der Waals surface area contributed by atoms with Crippen LogP contribution in [0.4, 0.5) is 0 Å². The lowest BCUT2D eigenvalue weighted by molar-refractivity contribution is -0.0160. The van der Waals surface area contributed by atoms with Gasteiger partial charge in [0.25, 0.3) is 0 Å². The van der Waals surface area contributed by atoms with E-state index in [2.05, 4.69) is 45.0 Å². The summed E-state index contributed by atoms with van der Waals surface area (Å²) in [6, 6.07) is 0.0894. The molecule has 20 heavy (non-hydrogen) atoms. The van der Waals surface area contributed by atoms with Crippen molar-refractivity contribution >= 4 is 0 Å². The Balaban J connectivity index is 2.93. The lowest BCUT2D eigenvalue weighted by atomic mass is 10.1. The Morgan fingerprint density at radius 2 is 2.05 bits per heavy atom. The normalized spacial score (nSPS) is 13.5. The van der Waals surface area contributed by atoms with Gasteiger partial charge >= 0.3 is 0 Å². The summed E-state index contributed by atoms with van der Waals surface area (Å²) in [5.74, 6) is 0.818. The maximum atomic E-state index is 5.95. The highest BCUT2D eigenvalue weighted by atomic mass is 16.5. The Labute approximate surface area is 122 Å². The molecule has 0 fully saturated rings. The molecule has 1 atom stereocenters. The van der Waals surface area contributed by atoms with E-state index >= 15 is 0 Å². The van der Waals surface area contributed by atoms with Gasteiger partial charge in [-0.3, -0.25) is 4.68 Å². The third-order valence-corrected chi connectivity index (χ3v) is 3.02. The van der Waals surface area contributed by atoms with Gasteiger partial charge in [-0.25, -0.2) is 0 Å². The summed E-state index contributed by atoms with van der Waals surface area (Å²) < 4.78 is 13.4. The first-order valence-electron chi connectivity index (χ1n) is 7.40. The van der Waals surface area contributed by atoms with Gasteiger partial charge in [0, 0.05) is 6.54 Å². The van der Waals surface area contributed by atoms with E-state index in [9.17, 15) is 0 Å². The van der Waals surface area contributed by atoms with Crippen LogP contribution in [0.5, 0.6) is 5.75 Å². The number of rotatable bonds is 8. The van der Waals surface area contributed by atoms with Crippen LogP contribution in [0.2, 0.25) is 0 Å². The van der Waals surface area contributed by atoms with Gasteiger partial charge in [-0.15, -0.1) is 0 Å². The van der Waals surface area contributed by atoms with E-state index in [4.69, 9.17) is 9.47 Å². The molecule has 0 aliphatic heterocycles. The standard InChI is InChI=1S/C15H29N3O2/c1-7-9-16-12(11-20-15(3,4)5)14-13(19-6)10-17-18(14)8-2/h10,12,16H,7-9,11H2,1-6H3. The van der Waals surface area contributed by atoms with Crippen LogP contribution in [0.3, 0.4) is 0 Å². The number of methoxy groups -OCH3 is 1. The smallest absolute Gasteiger partial charge is 0.161 e. The molecule has 0 saturated heterocycles. The molecule has 1 aromatic rings. The fraction of sp³-hybridized carbons (Fsp3) is 0.800. The van der Waals surface area contributed by atoms with Gasteiger partial charge in [0.15, 0.2) is 5.75 Å². The third kappa shape index (κ3) is 4.80. The largest absolute Gasteiger partial charge is 0.493 e. The quantitative estimate of drug-likeness (QED) is 0.797. The molecule has 0 aliphatic rings. The van der Waals surface area contributed by atoms with Crippen LogP contribution in [0, 0.1) is 0 Å². The molecule has 0 aliphatic carbocycles. The molecule has 1 rings (SSSR count). The summed E-state index contributed by atoms with van der Waals surface area (Å²) in [5, 5.41) is 7.90. The molecule has 1 N–H and O–H groups in total. The lowest BCUT2D eigenvalue weighted by Gasteiger charge is -2.26. The van der Waals surface area contributed by atoms with Gasteiger partial charge in [0.05, 0.1) is 37.3 Å². The third-order valence-electron chi connectivity index (χ3n) is 3.02. The zero-order valence-electron chi connectivity index (χ0n) is 13.7. The second-order valence-corrected chi connectivity index (χ2v) is 5.84. The minimum atomic E-state index is -0.156. The molecule has 1 heterocycles. The van der Waals surface area contributed by atoms with Crippen molar-refractivity contribution in [2.24, 2.45) is 0 Å². The molecule has 1 unspecified atom stereocenters. The molecule has 0 bridgehead atoms. The summed E-state index contributed by atoms with van der Waals surface area (Å²) in [6.45, 7) is 12.8. The first kappa shape index (κ1) is 17.0. The van der Waals surface area contributed by atoms with E-state index < -0.39 is 0 Å². The summed E-state index contributed by atoms with van der Waals surface area (Å²) in [7, 11) is 1.68. The van der Waals surface area contributed by atoms with Crippen LogP contribution in [-0.4, -0.2) is 35.6 Å². The molecule has 0 spiro atoms. The first-order chi connectivity index (χ1) is 9.42. The molecule has 0 saturated carbocycles. The maximum absolute atomic E-state index is 5.95. The van der Waals surface area contributed by atoms with E-state index in [-0.39, 0.29) is 11.6 Å². The Hall–Kier alpha value is -1.07. The zero-order chi connectivity index (χ0) is 15.2. The number of hydrogen-bond donors (Lipinski definition) is 1. The number of nitrogens with zero attached hydrogens (tertiary/aromatic N) is 2. The van der Waals surface area contributed by atoms with Crippen LogP contribution >= 0.6 is 0 Å². The molecule has 1 aromatic heterocycles. The average molecular weight is 283 g/mol. The molecule has 5 heteroatoms. The fourth-order valence-corrected chi connectivity index (χ4v) is 2.02. The Bertz CT molecular complexity index is 375. The predicted octanol–water partition coefficient (Wildman–Crippen LogP) is 2.77. The number of aryl methyl sites for hydroxylation is 1. The fourth-order valence-electron chi connectivity index (χ4n) is 2.02. The number of hydrogen-bond acceptors (Lipinski definition) is 4. The average Bonchev–Trinajstić information content (AvgIpc) is 2.80. The van der Waals surface area contributed by atoms with Crippen molar-refractivity contribution in [2.45, 2.75) is 59.2 Å². The van der Waals surface area contributed by atoms with Crippen LogP contribution in [0.1, 0.15) is 52.8 Å². The van der Waals surface area contributed by atoms with Crippen molar-refractivity contribution in [1.29, 1.82) is 0 Å². The first-order valence-corrected chi connectivity index (χ1v) is 7.40. The molecular weight excluding hydrogens is 254 g/mol. The van der Waals surface area contributed by atoms with E-state index in [0.717, 1.165) is 31.0 Å². The molecular formula is C15H29N3O2. The van der Waals surface area contributed by atoms with Gasteiger partial charge in [0.2, 0.25) is 0 Å². The van der Waals surface area contributed by atoms with Crippen molar-refractivity contribution in [2.75, 3.05) is 20.3 Å². The summed E-state index contributed by atoms with van der Waals surface area (Å²) >= 11 is 0. The monoisotopic (exact) mass is 283 g/mol.